The molecule has 0 fully saturated rings. The summed E-state index contributed by atoms with van der Waals surface area (Å²) in [6.07, 6.45) is 0.920. The Morgan fingerprint density at radius 1 is 0.976 bits per heavy atom. The number of benzene rings is 3. The summed E-state index contributed by atoms with van der Waals surface area (Å²) in [6.45, 7) is 3.24. The number of carbonyl (C=O) groups excluding carboxylic acids is 2. The lowest BCUT2D eigenvalue weighted by Crippen LogP contribution is -2.52. The Morgan fingerprint density at radius 2 is 1.68 bits per heavy atom. The number of nitrogens with one attached hydrogen (secondary N) is 1. The molecule has 0 saturated heterocycles. The molecule has 218 valence electrons. The van der Waals surface area contributed by atoms with E-state index in [1.54, 1.807) is 31.2 Å². The van der Waals surface area contributed by atoms with Gasteiger partial charge >= 0.3 is 0 Å². The average Bonchev–Trinajstić information content (AvgIpc) is 2.96. The number of amides is 2. The van der Waals surface area contributed by atoms with Crippen LogP contribution in [0.1, 0.15) is 32.3 Å². The number of carbonyl (C=O) groups is 2. The quantitative estimate of drug-likeness (QED) is 0.200. The number of halogens is 2. The van der Waals surface area contributed by atoms with E-state index in [0.29, 0.717) is 23.6 Å². The minimum Gasteiger partial charge on any atom is -0.354 e. The molecule has 3 aromatic carbocycles. The zero-order chi connectivity index (χ0) is 30.2. The fourth-order valence-corrected chi connectivity index (χ4v) is 5.88. The Morgan fingerprint density at radius 3 is 2.29 bits per heavy atom. The number of nitro groups is 1. The van der Waals surface area contributed by atoms with Gasteiger partial charge in [-0.05, 0) is 48.7 Å². The molecule has 0 spiro atoms. The molecule has 0 aromatic heterocycles. The van der Waals surface area contributed by atoms with Crippen LogP contribution in [0, 0.1) is 10.1 Å². The van der Waals surface area contributed by atoms with Gasteiger partial charge in [0.25, 0.3) is 15.7 Å². The zero-order valence-electron chi connectivity index (χ0n) is 22.5. The first kappa shape index (κ1) is 31.9. The summed E-state index contributed by atoms with van der Waals surface area (Å²) in [4.78, 5) is 39.1. The second-order valence-electron chi connectivity index (χ2n) is 9.09. The fourth-order valence-electron chi connectivity index (χ4n) is 4.13. The van der Waals surface area contributed by atoms with Crippen molar-refractivity contribution in [1.82, 2.24) is 10.2 Å². The first-order valence-electron chi connectivity index (χ1n) is 12.8. The monoisotopic (exact) mass is 620 g/mol. The summed E-state index contributed by atoms with van der Waals surface area (Å²) in [6, 6.07) is 16.3. The zero-order valence-corrected chi connectivity index (χ0v) is 24.8. The first-order valence-corrected chi connectivity index (χ1v) is 15.0. The van der Waals surface area contributed by atoms with E-state index in [1.807, 2.05) is 6.92 Å². The van der Waals surface area contributed by atoms with E-state index in [0.717, 1.165) is 10.4 Å². The van der Waals surface area contributed by atoms with E-state index in [9.17, 15) is 28.1 Å². The molecule has 3 aromatic rings. The van der Waals surface area contributed by atoms with Gasteiger partial charge in [-0.3, -0.25) is 24.0 Å². The van der Waals surface area contributed by atoms with Gasteiger partial charge in [0.15, 0.2) is 0 Å². The summed E-state index contributed by atoms with van der Waals surface area (Å²) < 4.78 is 28.4. The lowest BCUT2D eigenvalue weighted by molar-refractivity contribution is -0.384. The Bertz CT molecular complexity index is 1500. The largest absolute Gasteiger partial charge is 0.354 e. The molecule has 1 N–H and O–H groups in total. The molecule has 3 rings (SSSR count). The highest BCUT2D eigenvalue weighted by atomic mass is 35.5. The molecule has 0 aliphatic rings. The lowest BCUT2D eigenvalue weighted by atomic mass is 10.1. The van der Waals surface area contributed by atoms with Crippen molar-refractivity contribution in [2.45, 2.75) is 44.2 Å². The molecule has 0 heterocycles. The van der Waals surface area contributed by atoms with Crippen LogP contribution < -0.4 is 9.62 Å². The van der Waals surface area contributed by atoms with Crippen LogP contribution in [0.2, 0.25) is 10.0 Å². The smallest absolute Gasteiger partial charge is 0.271 e. The molecule has 0 aliphatic carbocycles. The summed E-state index contributed by atoms with van der Waals surface area (Å²) in [5.74, 6) is -1.09. The van der Waals surface area contributed by atoms with E-state index in [4.69, 9.17) is 23.2 Å². The SMILES string of the molecule is CCCNC(=O)[C@@H](CC)N(Cc1ccc(Cl)c(Cl)c1)C(=O)CN(c1cccc([N+](=O)[O-])c1)S(=O)(=O)c1ccccc1. The summed E-state index contributed by atoms with van der Waals surface area (Å²) in [5, 5.41) is 14.8. The van der Waals surface area contributed by atoms with Crippen LogP contribution in [0.25, 0.3) is 0 Å². The molecule has 0 unspecified atom stereocenters. The molecule has 0 saturated carbocycles. The van der Waals surface area contributed by atoms with Crippen LogP contribution in [0.4, 0.5) is 11.4 Å². The minimum absolute atomic E-state index is 0.0675. The molecule has 10 nitrogen and oxygen atoms in total. The van der Waals surface area contributed by atoms with Gasteiger partial charge in [0, 0.05) is 25.2 Å². The highest BCUT2D eigenvalue weighted by molar-refractivity contribution is 7.92. The van der Waals surface area contributed by atoms with Gasteiger partial charge in [0.1, 0.15) is 12.6 Å². The van der Waals surface area contributed by atoms with Gasteiger partial charge in [0.2, 0.25) is 11.8 Å². The number of anilines is 1. The number of hydrogen-bond donors (Lipinski definition) is 1. The van der Waals surface area contributed by atoms with Crippen LogP contribution in [0.3, 0.4) is 0 Å². The maximum atomic E-state index is 14.0. The molecule has 13 heteroatoms. The lowest BCUT2D eigenvalue weighted by Gasteiger charge is -2.33. The van der Waals surface area contributed by atoms with Crippen LogP contribution in [0.15, 0.2) is 77.7 Å². The third-order valence-corrected chi connectivity index (χ3v) is 8.74. The summed E-state index contributed by atoms with van der Waals surface area (Å²) in [7, 11) is -4.35. The Labute approximate surface area is 249 Å². The van der Waals surface area contributed by atoms with Gasteiger partial charge in [-0.25, -0.2) is 8.42 Å². The molecular formula is C28H30Cl2N4O6S. The topological polar surface area (TPSA) is 130 Å². The summed E-state index contributed by atoms with van der Waals surface area (Å²) >= 11 is 12.3. The maximum absolute atomic E-state index is 14.0. The first-order chi connectivity index (χ1) is 19.5. The molecule has 1 atom stereocenters. The number of sulfonamides is 1. The second-order valence-corrected chi connectivity index (χ2v) is 11.8. The van der Waals surface area contributed by atoms with Crippen molar-refractivity contribution in [3.05, 3.63) is 98.5 Å². The van der Waals surface area contributed by atoms with Gasteiger partial charge in [0.05, 0.1) is 25.6 Å². The van der Waals surface area contributed by atoms with E-state index in [1.165, 1.54) is 47.4 Å². The van der Waals surface area contributed by atoms with Crippen molar-refractivity contribution in [1.29, 1.82) is 0 Å². The van der Waals surface area contributed by atoms with Crippen LogP contribution in [-0.2, 0) is 26.2 Å². The third kappa shape index (κ3) is 7.96. The molecule has 41 heavy (non-hydrogen) atoms. The maximum Gasteiger partial charge on any atom is 0.271 e. The normalized spacial score (nSPS) is 11.9. The van der Waals surface area contributed by atoms with Crippen LogP contribution in [0.5, 0.6) is 0 Å². The van der Waals surface area contributed by atoms with E-state index in [-0.39, 0.29) is 34.3 Å². The Balaban J connectivity index is 2.09. The Hall–Kier alpha value is -3.67. The van der Waals surface area contributed by atoms with Gasteiger partial charge in [-0.15, -0.1) is 0 Å². The van der Waals surface area contributed by atoms with E-state index >= 15 is 0 Å². The van der Waals surface area contributed by atoms with Crippen molar-refractivity contribution < 1.29 is 22.9 Å². The van der Waals surface area contributed by atoms with Crippen molar-refractivity contribution in [2.24, 2.45) is 0 Å². The van der Waals surface area contributed by atoms with Gasteiger partial charge in [-0.1, -0.05) is 67.4 Å². The summed E-state index contributed by atoms with van der Waals surface area (Å²) in [5.41, 5.74) is 0.151. The number of non-ortho nitro benzene ring substituents is 1. The minimum atomic E-state index is -4.35. The van der Waals surface area contributed by atoms with Crippen molar-refractivity contribution >= 4 is 56.4 Å². The fraction of sp³-hybridized carbons (Fsp3) is 0.286. The highest BCUT2D eigenvalue weighted by Gasteiger charge is 2.34. The molecule has 2 amide bonds. The van der Waals surface area contributed by atoms with Crippen LogP contribution >= 0.6 is 23.2 Å². The van der Waals surface area contributed by atoms with Crippen LogP contribution in [-0.4, -0.2) is 49.2 Å². The standard InChI is InChI=1S/C28H30Cl2N4O6S/c1-3-15-31-28(36)26(4-2)32(18-20-13-14-24(29)25(30)16-20)27(35)19-33(21-9-8-10-22(17-21)34(37)38)41(39,40)23-11-6-5-7-12-23/h5-14,16-17,26H,3-4,15,18-19H2,1-2H3,(H,31,36)/t26-/m1/s1. The van der Waals surface area contributed by atoms with E-state index in [2.05, 4.69) is 5.32 Å². The number of nitro benzene ring substituents is 1. The van der Waals surface area contributed by atoms with E-state index < -0.39 is 39.3 Å². The number of hydrogen-bond acceptors (Lipinski definition) is 6. The van der Waals surface area contributed by atoms with Crippen molar-refractivity contribution in [2.75, 3.05) is 17.4 Å². The number of rotatable bonds is 13. The average molecular weight is 622 g/mol. The van der Waals surface area contributed by atoms with Crippen molar-refractivity contribution in [3.8, 4) is 0 Å². The predicted molar refractivity (Wildman–Crippen MR) is 158 cm³/mol. The molecule has 0 bridgehead atoms. The molecule has 0 radical (unpaired) electrons. The highest BCUT2D eigenvalue weighted by Crippen LogP contribution is 2.28. The van der Waals surface area contributed by atoms with Gasteiger partial charge < -0.3 is 10.2 Å². The Kier molecular flexibility index (Phi) is 11.1. The molecular weight excluding hydrogens is 591 g/mol. The van der Waals surface area contributed by atoms with Gasteiger partial charge in [-0.2, -0.15) is 0 Å². The molecule has 0 aliphatic heterocycles. The predicted octanol–water partition coefficient (Wildman–Crippen LogP) is 5.43. The number of nitrogens with zero attached hydrogens (tertiary/aromatic N) is 3. The van der Waals surface area contributed by atoms with Crippen molar-refractivity contribution in [3.63, 3.8) is 0 Å². The third-order valence-electron chi connectivity index (χ3n) is 6.21. The second kappa shape index (κ2) is 14.3.